The Hall–Kier alpha value is -8.08. The monoisotopic (exact) mass is 765 g/mol. The molecule has 3 heterocycles. The van der Waals surface area contributed by atoms with E-state index in [2.05, 4.69) is 143 Å². The van der Waals surface area contributed by atoms with Crippen LogP contribution in [0.3, 0.4) is 0 Å². The lowest BCUT2D eigenvalue weighted by molar-refractivity contribution is 1.01. The van der Waals surface area contributed by atoms with Crippen LogP contribution >= 0.6 is 0 Å². The lowest BCUT2D eigenvalue weighted by Crippen LogP contribution is -2.03. The van der Waals surface area contributed by atoms with Crippen LogP contribution in [0.25, 0.3) is 131 Å². The topological polar surface area (TPSA) is 35.6 Å². The molecular weight excluding hydrogens is 729 g/mol. The number of hydrogen-bond donors (Lipinski definition) is 0. The van der Waals surface area contributed by atoms with Gasteiger partial charge in [-0.25, -0.2) is 9.97 Å². The number of nitrogens with zero attached hydrogens (tertiary/aromatic N) is 4. The molecule has 0 N–H and O–H groups in total. The molecule has 60 heavy (non-hydrogen) atoms. The first-order valence-corrected chi connectivity index (χ1v) is 20.2. The molecule has 0 aliphatic heterocycles. The molecule has 0 unspecified atom stereocenters. The molecule has 0 atom stereocenters. The quantitative estimate of drug-likeness (QED) is 0.133. The highest BCUT2D eigenvalue weighted by atomic mass is 15.2. The fraction of sp³-hybridized carbons (Fsp3) is 0. The molecule has 0 radical (unpaired) electrons. The van der Waals surface area contributed by atoms with E-state index < -0.39 is 18.1 Å². The van der Waals surface area contributed by atoms with Gasteiger partial charge in [-0.2, -0.15) is 0 Å². The van der Waals surface area contributed by atoms with Crippen molar-refractivity contribution >= 4 is 108 Å². The second-order valence-corrected chi connectivity index (χ2v) is 15.7. The summed E-state index contributed by atoms with van der Waals surface area (Å²) in [4.78, 5) is 10.4. The number of para-hydroxylation sites is 3. The zero-order valence-corrected chi connectivity index (χ0v) is 31.9. The lowest BCUT2D eigenvalue weighted by Gasteiger charge is -2.17. The Morgan fingerprint density at radius 1 is 0.367 bits per heavy atom. The van der Waals surface area contributed by atoms with Crippen LogP contribution in [0.4, 0.5) is 0 Å². The van der Waals surface area contributed by atoms with E-state index in [-0.39, 0.29) is 23.3 Å². The molecule has 0 saturated heterocycles. The van der Waals surface area contributed by atoms with E-state index in [0.717, 1.165) is 54.7 Å². The van der Waals surface area contributed by atoms with Crippen molar-refractivity contribution in [2.24, 2.45) is 0 Å². The molecule has 0 bridgehead atoms. The summed E-state index contributed by atoms with van der Waals surface area (Å²) in [6.07, 6.45) is 0. The molecule has 0 aliphatic rings. The minimum Gasteiger partial charge on any atom is -0.309 e. The van der Waals surface area contributed by atoms with Crippen LogP contribution in [0.5, 0.6) is 0 Å². The number of aromatic nitrogens is 4. The summed E-state index contributed by atoms with van der Waals surface area (Å²) < 4.78 is 47.9. The molecule has 4 heteroatoms. The van der Waals surface area contributed by atoms with Gasteiger partial charge >= 0.3 is 0 Å². The van der Waals surface area contributed by atoms with Gasteiger partial charge in [0.1, 0.15) is 0 Å². The van der Waals surface area contributed by atoms with E-state index in [1.54, 1.807) is 0 Å². The average Bonchev–Trinajstić information content (AvgIpc) is 3.87. The number of rotatable bonds is 3. The van der Waals surface area contributed by atoms with Gasteiger partial charge in [0, 0.05) is 38.2 Å². The van der Waals surface area contributed by atoms with E-state index >= 15 is 0 Å². The molecule has 11 aromatic carbocycles. The maximum atomic E-state index is 9.00. The van der Waals surface area contributed by atoms with Gasteiger partial charge in [0.05, 0.1) is 40.1 Å². The van der Waals surface area contributed by atoms with Crippen molar-refractivity contribution in [3.05, 3.63) is 194 Å². The molecule has 3 aromatic heterocycles. The van der Waals surface area contributed by atoms with Gasteiger partial charge in [-0.15, -0.1) is 0 Å². The summed E-state index contributed by atoms with van der Waals surface area (Å²) in [7, 11) is 0. The minimum absolute atomic E-state index is 0.0379. The molecule has 4 nitrogen and oxygen atoms in total. The third-order valence-corrected chi connectivity index (χ3v) is 12.7. The molecule has 0 spiro atoms. The Bertz CT molecular complexity index is 4410. The summed E-state index contributed by atoms with van der Waals surface area (Å²) in [6.45, 7) is 0. The fourth-order valence-electron chi connectivity index (χ4n) is 10.3. The van der Waals surface area contributed by atoms with Crippen molar-refractivity contribution in [3.63, 3.8) is 0 Å². The summed E-state index contributed by atoms with van der Waals surface area (Å²) >= 11 is 0. The largest absolute Gasteiger partial charge is 0.309 e. The standard InChI is InChI=1S/C56H32N4/c1-2-15-34(16-3-1)55-39-18-6-9-25-46(39)57-56(58-55)60-48-27-11-8-20-41(48)54-43-24-13-22-38-37-21-12-23-42-51(37)44(45(52(38)43)32-50(54)60)31-49-53(42)40-19-7-10-26-47(40)59(49)36-29-28-33-14-4-5-17-35(33)30-36/h1-32H/i1D,2D,3D,15D,16D. The van der Waals surface area contributed by atoms with Gasteiger partial charge in [-0.1, -0.05) is 152 Å². The fourth-order valence-corrected chi connectivity index (χ4v) is 10.3. The van der Waals surface area contributed by atoms with Crippen LogP contribution < -0.4 is 0 Å². The van der Waals surface area contributed by atoms with E-state index in [9.17, 15) is 0 Å². The smallest absolute Gasteiger partial charge is 0.235 e. The second kappa shape index (κ2) is 11.8. The minimum atomic E-state index is -0.448. The average molecular weight is 766 g/mol. The number of hydrogen-bond acceptors (Lipinski definition) is 2. The molecule has 14 rings (SSSR count). The highest BCUT2D eigenvalue weighted by molar-refractivity contribution is 6.41. The van der Waals surface area contributed by atoms with E-state index in [0.29, 0.717) is 16.9 Å². The maximum absolute atomic E-state index is 9.00. The Kier molecular flexibility index (Phi) is 5.39. The molecule has 0 saturated carbocycles. The summed E-state index contributed by atoms with van der Waals surface area (Å²) in [6, 6.07) is 55.8. The van der Waals surface area contributed by atoms with Crippen molar-refractivity contribution in [3.8, 4) is 22.9 Å². The predicted molar refractivity (Wildman–Crippen MR) is 252 cm³/mol. The zero-order valence-electron chi connectivity index (χ0n) is 36.9. The van der Waals surface area contributed by atoms with Crippen molar-refractivity contribution in [1.82, 2.24) is 19.1 Å². The van der Waals surface area contributed by atoms with Crippen molar-refractivity contribution in [2.45, 2.75) is 0 Å². The van der Waals surface area contributed by atoms with Crippen molar-refractivity contribution in [1.29, 1.82) is 0 Å². The lowest BCUT2D eigenvalue weighted by atomic mass is 9.87. The van der Waals surface area contributed by atoms with Crippen LogP contribution in [0.2, 0.25) is 0 Å². The second-order valence-electron chi connectivity index (χ2n) is 15.7. The SMILES string of the molecule is [2H]c1c([2H])c([2H])c(-c2nc(-n3c4ccccc4c4c5cccc6c7cccc8c7c(cc7c8c8ccccc8n7-c7ccc8ccccc8c7)c(cc43)c65)nc3ccccc23)c([2H])c1[2H]. The van der Waals surface area contributed by atoms with Gasteiger partial charge in [0.2, 0.25) is 5.95 Å². The van der Waals surface area contributed by atoms with Gasteiger partial charge < -0.3 is 4.57 Å². The summed E-state index contributed by atoms with van der Waals surface area (Å²) in [5, 5.41) is 16.7. The molecule has 14 aromatic rings. The molecule has 0 amide bonds. The highest BCUT2D eigenvalue weighted by Crippen LogP contribution is 2.49. The first kappa shape index (κ1) is 27.5. The van der Waals surface area contributed by atoms with Crippen LogP contribution in [0.15, 0.2) is 194 Å². The highest BCUT2D eigenvalue weighted by Gasteiger charge is 2.24. The third-order valence-electron chi connectivity index (χ3n) is 12.7. The van der Waals surface area contributed by atoms with E-state index in [1.165, 1.54) is 48.5 Å². The van der Waals surface area contributed by atoms with Gasteiger partial charge in [0.25, 0.3) is 0 Å². The van der Waals surface area contributed by atoms with Crippen LogP contribution in [0.1, 0.15) is 6.85 Å². The van der Waals surface area contributed by atoms with E-state index in [4.69, 9.17) is 16.8 Å². The number of benzene rings is 11. The Labute approximate surface area is 350 Å². The Morgan fingerprint density at radius 3 is 1.62 bits per heavy atom. The zero-order chi connectivity index (χ0) is 43.4. The molecular formula is C56H32N4. The van der Waals surface area contributed by atoms with Gasteiger partial charge in [0.15, 0.2) is 0 Å². The molecule has 0 fully saturated rings. The Morgan fingerprint density at radius 2 is 0.917 bits per heavy atom. The molecule has 0 aliphatic carbocycles. The summed E-state index contributed by atoms with van der Waals surface area (Å²) in [5.74, 6) is 0.340. The van der Waals surface area contributed by atoms with Crippen molar-refractivity contribution in [2.75, 3.05) is 0 Å². The van der Waals surface area contributed by atoms with E-state index in [1.807, 2.05) is 30.3 Å². The maximum Gasteiger partial charge on any atom is 0.235 e. The first-order chi connectivity index (χ1) is 31.9. The summed E-state index contributed by atoms with van der Waals surface area (Å²) in [5.41, 5.74) is 6.06. The number of fused-ring (bicyclic) bond motifs is 12. The van der Waals surface area contributed by atoms with Gasteiger partial charge in [-0.3, -0.25) is 4.57 Å². The van der Waals surface area contributed by atoms with Crippen LogP contribution in [-0.4, -0.2) is 19.1 Å². The first-order valence-electron chi connectivity index (χ1n) is 22.7. The van der Waals surface area contributed by atoms with Crippen LogP contribution in [0, 0.1) is 0 Å². The third kappa shape index (κ3) is 4.19. The normalized spacial score (nSPS) is 13.5. The predicted octanol–water partition coefficient (Wildman–Crippen LogP) is 14.7. The van der Waals surface area contributed by atoms with Gasteiger partial charge in [-0.05, 0) is 96.3 Å². The van der Waals surface area contributed by atoms with Crippen molar-refractivity contribution < 1.29 is 6.85 Å². The van der Waals surface area contributed by atoms with Crippen LogP contribution in [-0.2, 0) is 0 Å². The Balaban J connectivity index is 1.16. The molecule has 276 valence electrons.